The number of rotatable bonds is 4. The minimum atomic E-state index is 0.379. The van der Waals surface area contributed by atoms with Crippen molar-refractivity contribution in [2.24, 2.45) is 0 Å². The van der Waals surface area contributed by atoms with E-state index < -0.39 is 0 Å². The van der Waals surface area contributed by atoms with E-state index in [1.54, 1.807) is 11.3 Å². The van der Waals surface area contributed by atoms with Gasteiger partial charge in [-0.1, -0.05) is 0 Å². The van der Waals surface area contributed by atoms with Crippen molar-refractivity contribution >= 4 is 22.7 Å². The number of hydrogen-bond donors (Lipinski definition) is 2. The molecule has 3 N–H and O–H groups in total. The lowest BCUT2D eigenvalue weighted by atomic mass is 10.1. The summed E-state index contributed by atoms with van der Waals surface area (Å²) in [7, 11) is 0. The van der Waals surface area contributed by atoms with E-state index in [9.17, 15) is 0 Å². The van der Waals surface area contributed by atoms with Crippen LogP contribution in [-0.4, -0.2) is 6.04 Å². The zero-order chi connectivity index (χ0) is 13.1. The Balaban J connectivity index is 2.07. The lowest BCUT2D eigenvalue weighted by Crippen LogP contribution is -2.18. The van der Waals surface area contributed by atoms with Crippen LogP contribution in [-0.2, 0) is 6.42 Å². The maximum atomic E-state index is 6.05. The van der Waals surface area contributed by atoms with Crippen LogP contribution in [0.4, 0.5) is 11.4 Å². The summed E-state index contributed by atoms with van der Waals surface area (Å²) in [6, 6.07) is 6.72. The largest absolute Gasteiger partial charge is 0.397 e. The average molecular weight is 260 g/mol. The monoisotopic (exact) mass is 260 g/mol. The summed E-state index contributed by atoms with van der Waals surface area (Å²) >= 11 is 1.74. The fraction of sp³-hybridized carbons (Fsp3) is 0.333. The van der Waals surface area contributed by atoms with Gasteiger partial charge in [0.25, 0.3) is 0 Å². The molecule has 0 amide bonds. The second-order valence-corrected chi connectivity index (χ2v) is 5.68. The highest BCUT2D eigenvalue weighted by molar-refractivity contribution is 7.07. The zero-order valence-electron chi connectivity index (χ0n) is 11.2. The van der Waals surface area contributed by atoms with Gasteiger partial charge in [-0.3, -0.25) is 0 Å². The SMILES string of the molecule is Cc1cc(N)c(NC(C)Cc2ccsc2)cc1C. The maximum absolute atomic E-state index is 6.05. The minimum Gasteiger partial charge on any atom is -0.397 e. The van der Waals surface area contributed by atoms with Gasteiger partial charge in [-0.05, 0) is 72.8 Å². The van der Waals surface area contributed by atoms with E-state index >= 15 is 0 Å². The highest BCUT2D eigenvalue weighted by Gasteiger charge is 2.07. The number of hydrogen-bond acceptors (Lipinski definition) is 3. The minimum absolute atomic E-state index is 0.379. The van der Waals surface area contributed by atoms with Gasteiger partial charge in [0, 0.05) is 6.04 Å². The van der Waals surface area contributed by atoms with Crippen molar-refractivity contribution in [3.05, 3.63) is 45.6 Å². The highest BCUT2D eigenvalue weighted by Crippen LogP contribution is 2.24. The summed E-state index contributed by atoms with van der Waals surface area (Å²) < 4.78 is 0. The van der Waals surface area contributed by atoms with Crippen molar-refractivity contribution in [2.75, 3.05) is 11.1 Å². The van der Waals surface area contributed by atoms with Crippen LogP contribution in [0.3, 0.4) is 0 Å². The van der Waals surface area contributed by atoms with E-state index in [1.165, 1.54) is 16.7 Å². The Hall–Kier alpha value is -1.48. The van der Waals surface area contributed by atoms with E-state index in [0.717, 1.165) is 17.8 Å². The van der Waals surface area contributed by atoms with Gasteiger partial charge in [0.1, 0.15) is 0 Å². The second-order valence-electron chi connectivity index (χ2n) is 4.90. The predicted octanol–water partition coefficient (Wildman–Crippen LogP) is 3.99. The molecule has 0 aliphatic rings. The van der Waals surface area contributed by atoms with Crippen molar-refractivity contribution in [3.8, 4) is 0 Å². The number of benzene rings is 1. The number of aryl methyl sites for hydroxylation is 2. The van der Waals surface area contributed by atoms with Crippen LogP contribution in [0.2, 0.25) is 0 Å². The van der Waals surface area contributed by atoms with E-state index in [-0.39, 0.29) is 0 Å². The molecule has 0 saturated carbocycles. The van der Waals surface area contributed by atoms with Gasteiger partial charge in [-0.25, -0.2) is 0 Å². The van der Waals surface area contributed by atoms with E-state index in [1.807, 2.05) is 6.07 Å². The summed E-state index contributed by atoms with van der Waals surface area (Å²) in [4.78, 5) is 0. The number of nitrogen functional groups attached to an aromatic ring is 1. The topological polar surface area (TPSA) is 38.0 Å². The summed E-state index contributed by atoms with van der Waals surface area (Å²) in [5.74, 6) is 0. The molecule has 0 fully saturated rings. The second kappa shape index (κ2) is 5.44. The van der Waals surface area contributed by atoms with Crippen LogP contribution in [0.5, 0.6) is 0 Å². The molecule has 1 heterocycles. The van der Waals surface area contributed by atoms with E-state index in [0.29, 0.717) is 6.04 Å². The first-order valence-electron chi connectivity index (χ1n) is 6.20. The fourth-order valence-electron chi connectivity index (χ4n) is 2.04. The standard InChI is InChI=1S/C15H20N2S/c1-10-6-14(16)15(7-11(10)2)17-12(3)8-13-4-5-18-9-13/h4-7,9,12,17H,8,16H2,1-3H3. The van der Waals surface area contributed by atoms with Gasteiger partial charge >= 0.3 is 0 Å². The Kier molecular flexibility index (Phi) is 3.92. The molecule has 0 saturated heterocycles. The van der Waals surface area contributed by atoms with Crippen molar-refractivity contribution in [2.45, 2.75) is 33.2 Å². The number of nitrogens with two attached hydrogens (primary N) is 1. The molecule has 3 heteroatoms. The molecule has 0 radical (unpaired) electrons. The fourth-order valence-corrected chi connectivity index (χ4v) is 2.72. The third-order valence-corrected chi connectivity index (χ3v) is 3.92. The molecule has 0 spiro atoms. The lowest BCUT2D eigenvalue weighted by molar-refractivity contribution is 0.793. The maximum Gasteiger partial charge on any atom is 0.0578 e. The molecule has 2 rings (SSSR count). The third kappa shape index (κ3) is 3.05. The number of nitrogens with one attached hydrogen (secondary N) is 1. The number of anilines is 2. The Morgan fingerprint density at radius 2 is 2.00 bits per heavy atom. The van der Waals surface area contributed by atoms with Gasteiger partial charge < -0.3 is 11.1 Å². The normalized spacial score (nSPS) is 12.4. The molecule has 0 aliphatic heterocycles. The molecule has 1 aromatic carbocycles. The molecule has 96 valence electrons. The zero-order valence-corrected chi connectivity index (χ0v) is 12.0. The Morgan fingerprint density at radius 1 is 1.28 bits per heavy atom. The molecule has 2 aromatic rings. The van der Waals surface area contributed by atoms with Crippen LogP contribution in [0.1, 0.15) is 23.6 Å². The smallest absolute Gasteiger partial charge is 0.0578 e. The first-order chi connectivity index (χ1) is 8.56. The molecule has 1 unspecified atom stereocenters. The molecular formula is C15H20N2S. The van der Waals surface area contributed by atoms with Gasteiger partial charge in [0.2, 0.25) is 0 Å². The molecule has 0 bridgehead atoms. The summed E-state index contributed by atoms with van der Waals surface area (Å²) in [5.41, 5.74) is 11.8. The molecular weight excluding hydrogens is 240 g/mol. The molecule has 2 nitrogen and oxygen atoms in total. The van der Waals surface area contributed by atoms with E-state index in [2.05, 4.69) is 49.0 Å². The first kappa shape index (κ1) is 13.0. The molecule has 18 heavy (non-hydrogen) atoms. The van der Waals surface area contributed by atoms with Gasteiger partial charge in [-0.15, -0.1) is 0 Å². The summed E-state index contributed by atoms with van der Waals surface area (Å²) in [6.07, 6.45) is 1.02. The average Bonchev–Trinajstić information content (AvgIpc) is 2.78. The van der Waals surface area contributed by atoms with Crippen molar-refractivity contribution in [1.82, 2.24) is 0 Å². The van der Waals surface area contributed by atoms with Crippen LogP contribution in [0.25, 0.3) is 0 Å². The van der Waals surface area contributed by atoms with Gasteiger partial charge in [0.05, 0.1) is 11.4 Å². The summed E-state index contributed by atoms with van der Waals surface area (Å²) in [6.45, 7) is 6.39. The summed E-state index contributed by atoms with van der Waals surface area (Å²) in [5, 5.41) is 7.81. The van der Waals surface area contributed by atoms with E-state index in [4.69, 9.17) is 5.73 Å². The third-order valence-electron chi connectivity index (χ3n) is 3.19. The van der Waals surface area contributed by atoms with Crippen molar-refractivity contribution < 1.29 is 0 Å². The predicted molar refractivity (Wildman–Crippen MR) is 81.4 cm³/mol. The van der Waals surface area contributed by atoms with Crippen molar-refractivity contribution in [1.29, 1.82) is 0 Å². The Labute approximate surface area is 113 Å². The Bertz CT molecular complexity index is 518. The van der Waals surface area contributed by atoms with Gasteiger partial charge in [0.15, 0.2) is 0 Å². The number of thiophene rings is 1. The van der Waals surface area contributed by atoms with Crippen LogP contribution in [0, 0.1) is 13.8 Å². The van der Waals surface area contributed by atoms with Crippen molar-refractivity contribution in [3.63, 3.8) is 0 Å². The lowest BCUT2D eigenvalue weighted by Gasteiger charge is -2.17. The first-order valence-corrected chi connectivity index (χ1v) is 7.15. The molecule has 1 atom stereocenters. The highest BCUT2D eigenvalue weighted by atomic mass is 32.1. The van der Waals surface area contributed by atoms with Gasteiger partial charge in [-0.2, -0.15) is 11.3 Å². The molecule has 1 aromatic heterocycles. The quantitative estimate of drug-likeness (QED) is 0.816. The Morgan fingerprint density at radius 3 is 2.67 bits per heavy atom. The van der Waals surface area contributed by atoms with Crippen LogP contribution >= 0.6 is 11.3 Å². The van der Waals surface area contributed by atoms with Crippen LogP contribution in [0.15, 0.2) is 29.0 Å². The van der Waals surface area contributed by atoms with Crippen LogP contribution < -0.4 is 11.1 Å². The molecule has 0 aliphatic carbocycles.